The Hall–Kier alpha value is -3.71. The van der Waals surface area contributed by atoms with Crippen LogP contribution in [0.1, 0.15) is 5.56 Å². The summed E-state index contributed by atoms with van der Waals surface area (Å²) in [6.07, 6.45) is 1.62. The van der Waals surface area contributed by atoms with Crippen LogP contribution in [0.25, 0.3) is 16.6 Å². The minimum Gasteiger partial charge on any atom is -0.493 e. The summed E-state index contributed by atoms with van der Waals surface area (Å²) >= 11 is 1.68. The molecule has 7 heteroatoms. The lowest BCUT2D eigenvalue weighted by atomic mass is 10.1. The predicted octanol–water partition coefficient (Wildman–Crippen LogP) is 6.69. The van der Waals surface area contributed by atoms with Gasteiger partial charge in [0.2, 0.25) is 0 Å². The molecule has 1 aliphatic rings. The van der Waals surface area contributed by atoms with E-state index >= 15 is 4.39 Å². The van der Waals surface area contributed by atoms with Crippen molar-refractivity contribution in [1.29, 1.82) is 0 Å². The van der Waals surface area contributed by atoms with Gasteiger partial charge in [0, 0.05) is 29.4 Å². The van der Waals surface area contributed by atoms with E-state index in [0.29, 0.717) is 28.2 Å². The number of anilines is 1. The molecule has 0 bridgehead atoms. The minimum atomic E-state index is -0.442. The van der Waals surface area contributed by atoms with Crippen molar-refractivity contribution in [2.45, 2.75) is 0 Å². The first kappa shape index (κ1) is 21.2. The number of thioether (sulfide) groups is 1. The smallest absolute Gasteiger partial charge is 0.167 e. The molecule has 0 amide bonds. The molecule has 0 aliphatic carbocycles. The molecule has 5 nitrogen and oxygen atoms in total. The molecule has 166 valence electrons. The van der Waals surface area contributed by atoms with E-state index in [-0.39, 0.29) is 5.75 Å². The van der Waals surface area contributed by atoms with E-state index in [1.807, 2.05) is 24.3 Å². The van der Waals surface area contributed by atoms with Crippen LogP contribution in [0.5, 0.6) is 23.0 Å². The van der Waals surface area contributed by atoms with Gasteiger partial charge < -0.3 is 19.1 Å². The Morgan fingerprint density at radius 1 is 0.879 bits per heavy atom. The maximum atomic E-state index is 15.1. The normalized spacial score (nSPS) is 13.2. The summed E-state index contributed by atoms with van der Waals surface area (Å²) < 4.78 is 31.9. The first-order valence-corrected chi connectivity index (χ1v) is 11.4. The van der Waals surface area contributed by atoms with Gasteiger partial charge in [0.15, 0.2) is 23.1 Å². The first-order chi connectivity index (χ1) is 16.2. The number of benzene rings is 3. The average molecular weight is 461 g/mol. The van der Waals surface area contributed by atoms with Gasteiger partial charge >= 0.3 is 0 Å². The predicted molar refractivity (Wildman–Crippen MR) is 131 cm³/mol. The summed E-state index contributed by atoms with van der Waals surface area (Å²) in [7, 11) is 3.13. The van der Waals surface area contributed by atoms with Crippen molar-refractivity contribution in [2.75, 3.05) is 25.0 Å². The van der Waals surface area contributed by atoms with Crippen LogP contribution >= 0.6 is 11.8 Å². The van der Waals surface area contributed by atoms with E-state index < -0.39 is 5.82 Å². The minimum absolute atomic E-state index is 0.137. The second-order valence-corrected chi connectivity index (χ2v) is 8.17. The van der Waals surface area contributed by atoms with Gasteiger partial charge in [0.1, 0.15) is 5.75 Å². The summed E-state index contributed by atoms with van der Waals surface area (Å²) in [5.74, 6) is 2.01. The van der Waals surface area contributed by atoms with Crippen molar-refractivity contribution in [3.05, 3.63) is 89.7 Å². The van der Waals surface area contributed by atoms with E-state index in [9.17, 15) is 0 Å². The van der Waals surface area contributed by atoms with Crippen LogP contribution in [0.3, 0.4) is 0 Å². The third-order valence-electron chi connectivity index (χ3n) is 5.41. The first-order valence-electron chi connectivity index (χ1n) is 10.3. The molecule has 0 radical (unpaired) electrons. The standard InChI is InChI=1S/C26H21FN2O3S/c1-30-25-13-19-21(14-26(25)31-2)28-11-10-23(19)32-24-9-8-18(12-20(24)27)29-16-33-15-22(29)17-6-4-3-5-7-17/h3-15H,16H2,1-2H3. The molecule has 0 atom stereocenters. The average Bonchev–Trinajstić information content (AvgIpc) is 3.35. The van der Waals surface area contributed by atoms with Crippen LogP contribution < -0.4 is 19.1 Å². The summed E-state index contributed by atoms with van der Waals surface area (Å²) in [5.41, 5.74) is 3.57. The number of nitrogens with zero attached hydrogens (tertiary/aromatic N) is 2. The van der Waals surface area contributed by atoms with Gasteiger partial charge in [-0.2, -0.15) is 0 Å². The fourth-order valence-corrected chi connectivity index (χ4v) is 4.70. The van der Waals surface area contributed by atoms with E-state index in [4.69, 9.17) is 14.2 Å². The molecule has 0 saturated carbocycles. The Bertz CT molecular complexity index is 1340. The molecule has 1 aliphatic heterocycles. The zero-order valence-electron chi connectivity index (χ0n) is 18.1. The Labute approximate surface area is 195 Å². The van der Waals surface area contributed by atoms with Crippen molar-refractivity contribution in [1.82, 2.24) is 4.98 Å². The second-order valence-electron chi connectivity index (χ2n) is 7.34. The highest BCUT2D eigenvalue weighted by Gasteiger charge is 2.21. The van der Waals surface area contributed by atoms with Gasteiger partial charge in [-0.15, -0.1) is 11.8 Å². The highest BCUT2D eigenvalue weighted by Crippen LogP contribution is 2.40. The molecule has 5 rings (SSSR count). The largest absolute Gasteiger partial charge is 0.493 e. The summed E-state index contributed by atoms with van der Waals surface area (Å²) in [6.45, 7) is 0. The number of pyridine rings is 1. The number of fused-ring (bicyclic) bond motifs is 1. The Kier molecular flexibility index (Phi) is 5.79. The Balaban J connectivity index is 1.45. The lowest BCUT2D eigenvalue weighted by molar-refractivity contribution is 0.355. The molecule has 0 N–H and O–H groups in total. The molecule has 2 heterocycles. The van der Waals surface area contributed by atoms with Crippen molar-refractivity contribution >= 4 is 34.0 Å². The van der Waals surface area contributed by atoms with Crippen molar-refractivity contribution in [3.63, 3.8) is 0 Å². The van der Waals surface area contributed by atoms with Gasteiger partial charge in [-0.05, 0) is 35.2 Å². The topological polar surface area (TPSA) is 43.8 Å². The van der Waals surface area contributed by atoms with E-state index in [0.717, 1.165) is 22.8 Å². The molecule has 0 unspecified atom stereocenters. The fourth-order valence-electron chi connectivity index (χ4n) is 3.77. The lowest BCUT2D eigenvalue weighted by Gasteiger charge is -2.22. The van der Waals surface area contributed by atoms with Crippen molar-refractivity contribution in [3.8, 4) is 23.0 Å². The lowest BCUT2D eigenvalue weighted by Crippen LogP contribution is -2.16. The summed E-state index contributed by atoms with van der Waals surface area (Å²) in [4.78, 5) is 6.46. The zero-order valence-corrected chi connectivity index (χ0v) is 18.9. The number of halogens is 1. The number of aromatic nitrogens is 1. The second kappa shape index (κ2) is 9.03. The zero-order chi connectivity index (χ0) is 22.8. The summed E-state index contributed by atoms with van der Waals surface area (Å²) in [5, 5.41) is 2.80. The van der Waals surface area contributed by atoms with E-state index in [1.165, 1.54) is 6.07 Å². The van der Waals surface area contributed by atoms with Crippen molar-refractivity contribution in [2.24, 2.45) is 0 Å². The maximum absolute atomic E-state index is 15.1. The molecular weight excluding hydrogens is 439 g/mol. The van der Waals surface area contributed by atoms with Crippen LogP contribution in [-0.2, 0) is 0 Å². The molecule has 3 aromatic carbocycles. The van der Waals surface area contributed by atoms with Gasteiger partial charge in [-0.25, -0.2) is 4.39 Å². The van der Waals surface area contributed by atoms with Gasteiger partial charge in [-0.3, -0.25) is 4.98 Å². The number of hydrogen-bond donors (Lipinski definition) is 0. The van der Waals surface area contributed by atoms with Crippen LogP contribution in [-0.4, -0.2) is 25.1 Å². The molecule has 1 aromatic heterocycles. The quantitative estimate of drug-likeness (QED) is 0.319. The number of ether oxygens (including phenoxy) is 3. The number of hydrogen-bond acceptors (Lipinski definition) is 6. The monoisotopic (exact) mass is 460 g/mol. The van der Waals surface area contributed by atoms with E-state index in [1.54, 1.807) is 56.4 Å². The van der Waals surface area contributed by atoms with Gasteiger partial charge in [0.25, 0.3) is 0 Å². The van der Waals surface area contributed by atoms with Crippen LogP contribution in [0, 0.1) is 5.82 Å². The third kappa shape index (κ3) is 4.07. The van der Waals surface area contributed by atoms with Crippen LogP contribution in [0.4, 0.5) is 10.1 Å². The molecule has 0 spiro atoms. The molecule has 0 saturated heterocycles. The highest BCUT2D eigenvalue weighted by atomic mass is 32.2. The third-order valence-corrected chi connectivity index (χ3v) is 6.21. The van der Waals surface area contributed by atoms with Crippen molar-refractivity contribution < 1.29 is 18.6 Å². The van der Waals surface area contributed by atoms with Gasteiger partial charge in [-0.1, -0.05) is 30.3 Å². The number of rotatable bonds is 6. The van der Waals surface area contributed by atoms with Crippen LogP contribution in [0.2, 0.25) is 0 Å². The molecule has 0 fully saturated rings. The Morgan fingerprint density at radius 3 is 2.42 bits per heavy atom. The SMILES string of the molecule is COc1cc2nccc(Oc3ccc(N4CSC=C4c4ccccc4)cc3F)c2cc1OC. The fraction of sp³-hybridized carbons (Fsp3) is 0.115. The molecular formula is C26H21FN2O3S. The van der Waals surface area contributed by atoms with Crippen LogP contribution in [0.15, 0.2) is 78.3 Å². The van der Waals surface area contributed by atoms with Gasteiger partial charge in [0.05, 0.1) is 31.3 Å². The maximum Gasteiger partial charge on any atom is 0.167 e. The molecule has 33 heavy (non-hydrogen) atoms. The Morgan fingerprint density at radius 2 is 1.67 bits per heavy atom. The van der Waals surface area contributed by atoms with E-state index in [2.05, 4.69) is 27.4 Å². The highest BCUT2D eigenvalue weighted by molar-refractivity contribution is 8.02. The number of methoxy groups -OCH3 is 2. The summed E-state index contributed by atoms with van der Waals surface area (Å²) in [6, 6.07) is 20.4. The molecule has 4 aromatic rings.